The van der Waals surface area contributed by atoms with Crippen molar-refractivity contribution in [3.8, 4) is 0 Å². The molecule has 0 saturated heterocycles. The quantitative estimate of drug-likeness (QED) is 0.468. The van der Waals surface area contributed by atoms with Crippen molar-refractivity contribution in [2.24, 2.45) is 11.8 Å². The highest BCUT2D eigenvalue weighted by molar-refractivity contribution is 5.89. The number of hydrogen-bond acceptors (Lipinski definition) is 2. The number of allylic oxidation sites excluding steroid dienone is 6. The standard InChI is InChI=1S/C22H26F2N2O2/c1-2-3-18(22(28)26-15-17-6-11-20(24)12-7-17)8-13-21(27)25-14-16-4-9-19(23)10-5-16/h2,4-6,8-9,11-13,17-19H,1,3,7,10,14-15H2,(H,25,27)(H,26,28)/b13-8+. The Labute approximate surface area is 164 Å². The predicted molar refractivity (Wildman–Crippen MR) is 107 cm³/mol. The molecule has 2 aliphatic carbocycles. The molecule has 0 fully saturated rings. The van der Waals surface area contributed by atoms with Gasteiger partial charge in [0.15, 0.2) is 0 Å². The molecule has 0 aliphatic heterocycles. The summed E-state index contributed by atoms with van der Waals surface area (Å²) in [6.07, 6.45) is 14.3. The topological polar surface area (TPSA) is 58.2 Å². The van der Waals surface area contributed by atoms with E-state index < -0.39 is 12.1 Å². The van der Waals surface area contributed by atoms with Crippen molar-refractivity contribution in [1.82, 2.24) is 10.6 Å². The van der Waals surface area contributed by atoms with Gasteiger partial charge in [0.05, 0.1) is 5.92 Å². The normalized spacial score (nSPS) is 22.4. The van der Waals surface area contributed by atoms with Gasteiger partial charge in [-0.15, -0.1) is 6.58 Å². The maximum Gasteiger partial charge on any atom is 0.243 e. The summed E-state index contributed by atoms with van der Waals surface area (Å²) in [6, 6.07) is 0. The van der Waals surface area contributed by atoms with Crippen LogP contribution in [0.1, 0.15) is 19.3 Å². The highest BCUT2D eigenvalue weighted by atomic mass is 19.1. The van der Waals surface area contributed by atoms with E-state index in [0.29, 0.717) is 32.4 Å². The Morgan fingerprint density at radius 2 is 2.04 bits per heavy atom. The van der Waals surface area contributed by atoms with Gasteiger partial charge < -0.3 is 10.6 Å². The minimum atomic E-state index is -0.961. The van der Waals surface area contributed by atoms with Crippen LogP contribution in [0, 0.1) is 11.8 Å². The lowest BCUT2D eigenvalue weighted by Crippen LogP contribution is -2.33. The van der Waals surface area contributed by atoms with Gasteiger partial charge in [0.2, 0.25) is 11.8 Å². The lowest BCUT2D eigenvalue weighted by atomic mass is 9.99. The van der Waals surface area contributed by atoms with Gasteiger partial charge in [0.25, 0.3) is 0 Å². The van der Waals surface area contributed by atoms with Crippen LogP contribution in [-0.2, 0) is 9.59 Å². The fraction of sp³-hybridized carbons (Fsp3) is 0.364. The van der Waals surface area contributed by atoms with Crippen LogP contribution in [0.4, 0.5) is 8.78 Å². The second-order valence-corrected chi connectivity index (χ2v) is 6.79. The summed E-state index contributed by atoms with van der Waals surface area (Å²) in [4.78, 5) is 24.4. The van der Waals surface area contributed by atoms with Gasteiger partial charge in [0, 0.05) is 19.5 Å². The molecule has 0 spiro atoms. The summed E-state index contributed by atoms with van der Waals surface area (Å²) in [6.45, 7) is 4.37. The molecule has 3 atom stereocenters. The average molecular weight is 388 g/mol. The van der Waals surface area contributed by atoms with Crippen molar-refractivity contribution in [2.75, 3.05) is 13.1 Å². The van der Waals surface area contributed by atoms with Crippen LogP contribution in [0.2, 0.25) is 0 Å². The van der Waals surface area contributed by atoms with Crippen LogP contribution in [0.25, 0.3) is 0 Å². The Morgan fingerprint density at radius 3 is 2.68 bits per heavy atom. The lowest BCUT2D eigenvalue weighted by Gasteiger charge is -2.17. The van der Waals surface area contributed by atoms with Gasteiger partial charge in [-0.05, 0) is 42.6 Å². The number of nitrogens with one attached hydrogen (secondary N) is 2. The average Bonchev–Trinajstić information content (AvgIpc) is 2.70. The maximum absolute atomic E-state index is 13.0. The van der Waals surface area contributed by atoms with E-state index in [4.69, 9.17) is 0 Å². The smallest absolute Gasteiger partial charge is 0.243 e. The molecule has 3 unspecified atom stereocenters. The zero-order valence-electron chi connectivity index (χ0n) is 15.7. The summed E-state index contributed by atoms with van der Waals surface area (Å²) >= 11 is 0. The Balaban J connectivity index is 1.79. The fourth-order valence-electron chi connectivity index (χ4n) is 2.83. The number of rotatable bonds is 9. The number of hydrogen-bond donors (Lipinski definition) is 2. The molecule has 2 rings (SSSR count). The SMILES string of the molecule is C=CCC(/C=C/C(=O)NCC1=CCC(F)C=C1)C(=O)NCC1C=CC(F)=CC1. The summed E-state index contributed by atoms with van der Waals surface area (Å²) in [5.74, 6) is -1.25. The van der Waals surface area contributed by atoms with Gasteiger partial charge in [0.1, 0.15) is 12.0 Å². The molecule has 0 aromatic carbocycles. The van der Waals surface area contributed by atoms with Crippen molar-refractivity contribution in [1.29, 1.82) is 0 Å². The number of alkyl halides is 1. The van der Waals surface area contributed by atoms with Crippen molar-refractivity contribution >= 4 is 11.8 Å². The van der Waals surface area contributed by atoms with Gasteiger partial charge in [-0.25, -0.2) is 8.78 Å². The Bertz CT molecular complexity index is 735. The van der Waals surface area contributed by atoms with Crippen molar-refractivity contribution in [2.45, 2.75) is 25.4 Å². The Morgan fingerprint density at radius 1 is 1.21 bits per heavy atom. The van der Waals surface area contributed by atoms with Gasteiger partial charge in [-0.2, -0.15) is 0 Å². The molecular weight excluding hydrogens is 362 g/mol. The predicted octanol–water partition coefficient (Wildman–Crippen LogP) is 3.62. The highest BCUT2D eigenvalue weighted by Crippen LogP contribution is 2.17. The molecular formula is C22H26F2N2O2. The first-order chi connectivity index (χ1) is 13.5. The van der Waals surface area contributed by atoms with Gasteiger partial charge in [-0.3, -0.25) is 9.59 Å². The number of amides is 2. The molecule has 0 heterocycles. The summed E-state index contributed by atoms with van der Waals surface area (Å²) in [5.41, 5.74) is 0.849. The zero-order valence-corrected chi connectivity index (χ0v) is 15.7. The van der Waals surface area contributed by atoms with E-state index in [9.17, 15) is 18.4 Å². The minimum Gasteiger partial charge on any atom is -0.355 e. The molecule has 0 bridgehead atoms. The molecule has 2 N–H and O–H groups in total. The molecule has 6 heteroatoms. The molecule has 0 aromatic rings. The summed E-state index contributed by atoms with van der Waals surface area (Å²) < 4.78 is 26.0. The van der Waals surface area contributed by atoms with Crippen molar-refractivity contribution in [3.05, 3.63) is 72.7 Å². The molecule has 0 radical (unpaired) electrons. The van der Waals surface area contributed by atoms with Crippen LogP contribution in [0.3, 0.4) is 0 Å². The molecule has 28 heavy (non-hydrogen) atoms. The first kappa shape index (κ1) is 21.5. The van der Waals surface area contributed by atoms with Crippen molar-refractivity contribution in [3.63, 3.8) is 0 Å². The van der Waals surface area contributed by atoms with E-state index in [2.05, 4.69) is 17.2 Å². The third-order valence-electron chi connectivity index (χ3n) is 4.51. The molecule has 4 nitrogen and oxygen atoms in total. The fourth-order valence-corrected chi connectivity index (χ4v) is 2.83. The van der Waals surface area contributed by atoms with Gasteiger partial charge >= 0.3 is 0 Å². The van der Waals surface area contributed by atoms with E-state index in [0.717, 1.165) is 5.57 Å². The largest absolute Gasteiger partial charge is 0.355 e. The lowest BCUT2D eigenvalue weighted by molar-refractivity contribution is -0.123. The van der Waals surface area contributed by atoms with Gasteiger partial charge in [-0.1, -0.05) is 36.5 Å². The van der Waals surface area contributed by atoms with E-state index in [1.807, 2.05) is 0 Å². The first-order valence-corrected chi connectivity index (χ1v) is 9.37. The first-order valence-electron chi connectivity index (χ1n) is 9.37. The molecule has 0 saturated carbocycles. The highest BCUT2D eigenvalue weighted by Gasteiger charge is 2.16. The second kappa shape index (κ2) is 11.2. The van der Waals surface area contributed by atoms with Crippen LogP contribution in [-0.4, -0.2) is 31.1 Å². The van der Waals surface area contributed by atoms with Crippen LogP contribution in [0.5, 0.6) is 0 Å². The van der Waals surface area contributed by atoms with E-state index in [-0.39, 0.29) is 23.6 Å². The summed E-state index contributed by atoms with van der Waals surface area (Å²) in [7, 11) is 0. The molecule has 0 aromatic heterocycles. The van der Waals surface area contributed by atoms with Crippen LogP contribution in [0.15, 0.2) is 72.7 Å². The third-order valence-corrected chi connectivity index (χ3v) is 4.51. The molecule has 150 valence electrons. The third kappa shape index (κ3) is 7.47. The summed E-state index contributed by atoms with van der Waals surface area (Å²) in [5, 5.41) is 5.55. The minimum absolute atomic E-state index is 0.0563. The molecule has 2 aliphatic rings. The number of carbonyl (C=O) groups is 2. The second-order valence-electron chi connectivity index (χ2n) is 6.79. The zero-order chi connectivity index (χ0) is 20.4. The van der Waals surface area contributed by atoms with Crippen molar-refractivity contribution < 1.29 is 18.4 Å². The Hall–Kier alpha value is -2.76. The number of halogens is 2. The van der Waals surface area contributed by atoms with Crippen LogP contribution < -0.4 is 10.6 Å². The molecule has 2 amide bonds. The van der Waals surface area contributed by atoms with E-state index in [1.54, 1.807) is 30.4 Å². The number of carbonyl (C=O) groups excluding carboxylic acids is 2. The van der Waals surface area contributed by atoms with E-state index >= 15 is 0 Å². The maximum atomic E-state index is 13.0. The Kier molecular flexibility index (Phi) is 8.59. The van der Waals surface area contributed by atoms with Crippen LogP contribution >= 0.6 is 0 Å². The van der Waals surface area contributed by atoms with E-state index in [1.165, 1.54) is 24.3 Å². The monoisotopic (exact) mass is 388 g/mol.